The van der Waals surface area contributed by atoms with E-state index in [-0.39, 0.29) is 5.91 Å². The van der Waals surface area contributed by atoms with Crippen LogP contribution in [0.3, 0.4) is 0 Å². The van der Waals surface area contributed by atoms with Gasteiger partial charge in [0.15, 0.2) is 0 Å². The molecule has 0 aliphatic carbocycles. The summed E-state index contributed by atoms with van der Waals surface area (Å²) in [6, 6.07) is 20.6. The molecule has 0 aliphatic rings. The van der Waals surface area contributed by atoms with Crippen LogP contribution in [0.15, 0.2) is 72.9 Å². The second-order valence-electron chi connectivity index (χ2n) is 6.25. The highest BCUT2D eigenvalue weighted by Gasteiger charge is 2.04. The van der Waals surface area contributed by atoms with Crippen LogP contribution in [-0.2, 0) is 11.2 Å². The molecule has 1 heterocycles. The number of pyridine rings is 1. The lowest BCUT2D eigenvalue weighted by Crippen LogP contribution is -2.11. The summed E-state index contributed by atoms with van der Waals surface area (Å²) in [4.78, 5) is 16.4. The number of aromatic nitrogens is 1. The maximum atomic E-state index is 12.1. The van der Waals surface area contributed by atoms with Gasteiger partial charge in [0.2, 0.25) is 5.91 Å². The molecule has 3 rings (SSSR count). The van der Waals surface area contributed by atoms with Crippen LogP contribution in [0.2, 0.25) is 0 Å². The van der Waals surface area contributed by atoms with Gasteiger partial charge in [0.05, 0.1) is 6.61 Å². The molecule has 144 valence electrons. The van der Waals surface area contributed by atoms with Gasteiger partial charge in [-0.1, -0.05) is 6.07 Å². The SMILES string of the molecule is CCOc1ccc(Oc2ccc(NC(=O)CCCc3ccccn3)cc2)cc1. The summed E-state index contributed by atoms with van der Waals surface area (Å²) in [5, 5.41) is 2.91. The van der Waals surface area contributed by atoms with Gasteiger partial charge in [0.1, 0.15) is 17.2 Å². The summed E-state index contributed by atoms with van der Waals surface area (Å²) in [5.74, 6) is 2.25. The summed E-state index contributed by atoms with van der Waals surface area (Å²) < 4.78 is 11.2. The fourth-order valence-electron chi connectivity index (χ4n) is 2.71. The van der Waals surface area contributed by atoms with Crippen LogP contribution in [0.4, 0.5) is 5.69 Å². The van der Waals surface area contributed by atoms with E-state index in [0.717, 1.165) is 35.7 Å². The van der Waals surface area contributed by atoms with E-state index in [1.54, 1.807) is 6.20 Å². The van der Waals surface area contributed by atoms with Crippen molar-refractivity contribution in [3.63, 3.8) is 0 Å². The second-order valence-corrected chi connectivity index (χ2v) is 6.25. The van der Waals surface area contributed by atoms with Gasteiger partial charge in [-0.15, -0.1) is 0 Å². The number of carbonyl (C=O) groups excluding carboxylic acids is 1. The Morgan fingerprint density at radius 1 is 0.929 bits per heavy atom. The highest BCUT2D eigenvalue weighted by atomic mass is 16.5. The number of amides is 1. The Morgan fingerprint density at radius 2 is 1.61 bits per heavy atom. The number of anilines is 1. The van der Waals surface area contributed by atoms with E-state index >= 15 is 0 Å². The number of aryl methyl sites for hydroxylation is 1. The zero-order chi connectivity index (χ0) is 19.6. The molecule has 0 radical (unpaired) electrons. The third-order valence-electron chi connectivity index (χ3n) is 4.07. The predicted octanol–water partition coefficient (Wildman–Crippen LogP) is 5.23. The van der Waals surface area contributed by atoms with Gasteiger partial charge in [-0.25, -0.2) is 0 Å². The molecule has 0 unspecified atom stereocenters. The normalized spacial score (nSPS) is 10.3. The van der Waals surface area contributed by atoms with Gasteiger partial charge in [0, 0.05) is 24.0 Å². The van der Waals surface area contributed by atoms with Gasteiger partial charge < -0.3 is 14.8 Å². The lowest BCUT2D eigenvalue weighted by Gasteiger charge is -2.09. The van der Waals surface area contributed by atoms with Crippen molar-refractivity contribution in [3.8, 4) is 17.2 Å². The van der Waals surface area contributed by atoms with Crippen molar-refractivity contribution >= 4 is 11.6 Å². The fraction of sp³-hybridized carbons (Fsp3) is 0.217. The molecule has 0 fully saturated rings. The first-order valence-corrected chi connectivity index (χ1v) is 9.43. The van der Waals surface area contributed by atoms with Crippen molar-refractivity contribution in [1.82, 2.24) is 4.98 Å². The van der Waals surface area contributed by atoms with E-state index in [1.807, 2.05) is 73.7 Å². The van der Waals surface area contributed by atoms with Crippen LogP contribution in [0.5, 0.6) is 17.2 Å². The largest absolute Gasteiger partial charge is 0.494 e. The number of benzene rings is 2. The van der Waals surface area contributed by atoms with Crippen LogP contribution in [0.1, 0.15) is 25.5 Å². The zero-order valence-corrected chi connectivity index (χ0v) is 15.9. The van der Waals surface area contributed by atoms with Gasteiger partial charge in [-0.2, -0.15) is 0 Å². The zero-order valence-electron chi connectivity index (χ0n) is 15.9. The van der Waals surface area contributed by atoms with E-state index < -0.39 is 0 Å². The van der Waals surface area contributed by atoms with Gasteiger partial charge >= 0.3 is 0 Å². The Hall–Kier alpha value is -3.34. The molecule has 1 N–H and O–H groups in total. The van der Waals surface area contributed by atoms with Crippen molar-refractivity contribution in [1.29, 1.82) is 0 Å². The van der Waals surface area contributed by atoms with Crippen LogP contribution in [-0.4, -0.2) is 17.5 Å². The number of hydrogen-bond acceptors (Lipinski definition) is 4. The van der Waals surface area contributed by atoms with Crippen LogP contribution < -0.4 is 14.8 Å². The highest BCUT2D eigenvalue weighted by Crippen LogP contribution is 2.25. The molecule has 0 atom stereocenters. The van der Waals surface area contributed by atoms with Gasteiger partial charge in [0.25, 0.3) is 0 Å². The first kappa shape index (κ1) is 19.4. The Morgan fingerprint density at radius 3 is 2.25 bits per heavy atom. The minimum atomic E-state index is -0.00360. The van der Waals surface area contributed by atoms with E-state index in [0.29, 0.717) is 18.8 Å². The Labute approximate surface area is 165 Å². The van der Waals surface area contributed by atoms with Crippen molar-refractivity contribution in [3.05, 3.63) is 78.6 Å². The summed E-state index contributed by atoms with van der Waals surface area (Å²) in [6.07, 6.45) is 3.79. The van der Waals surface area contributed by atoms with Crippen molar-refractivity contribution in [2.45, 2.75) is 26.2 Å². The number of hydrogen-bond donors (Lipinski definition) is 1. The predicted molar refractivity (Wildman–Crippen MR) is 110 cm³/mol. The summed E-state index contributed by atoms with van der Waals surface area (Å²) in [6.45, 7) is 2.59. The summed E-state index contributed by atoms with van der Waals surface area (Å²) in [7, 11) is 0. The monoisotopic (exact) mass is 376 g/mol. The topological polar surface area (TPSA) is 60.5 Å². The minimum Gasteiger partial charge on any atom is -0.494 e. The molecule has 0 aliphatic heterocycles. The smallest absolute Gasteiger partial charge is 0.224 e. The molecule has 0 bridgehead atoms. The number of nitrogens with zero attached hydrogens (tertiary/aromatic N) is 1. The van der Waals surface area contributed by atoms with Crippen molar-refractivity contribution in [2.75, 3.05) is 11.9 Å². The standard InChI is InChI=1S/C23H24N2O3/c1-2-27-20-13-15-22(16-14-20)28-21-11-9-19(10-12-21)25-23(26)8-5-7-18-6-3-4-17-24-18/h3-4,6,9-17H,2,5,7-8H2,1H3,(H,25,26). The van der Waals surface area contributed by atoms with E-state index in [4.69, 9.17) is 9.47 Å². The Bertz CT molecular complexity index is 863. The van der Waals surface area contributed by atoms with Crippen LogP contribution in [0.25, 0.3) is 0 Å². The fourth-order valence-corrected chi connectivity index (χ4v) is 2.71. The third-order valence-corrected chi connectivity index (χ3v) is 4.07. The Balaban J connectivity index is 1.45. The molecule has 1 amide bonds. The van der Waals surface area contributed by atoms with Crippen LogP contribution >= 0.6 is 0 Å². The average Bonchev–Trinajstić information content (AvgIpc) is 2.72. The molecule has 2 aromatic carbocycles. The van der Waals surface area contributed by atoms with E-state index in [2.05, 4.69) is 10.3 Å². The maximum Gasteiger partial charge on any atom is 0.224 e. The summed E-state index contributed by atoms with van der Waals surface area (Å²) >= 11 is 0. The first-order valence-electron chi connectivity index (χ1n) is 9.43. The van der Waals surface area contributed by atoms with E-state index in [1.165, 1.54) is 0 Å². The van der Waals surface area contributed by atoms with Gasteiger partial charge in [-0.05, 0) is 80.4 Å². The maximum absolute atomic E-state index is 12.1. The third kappa shape index (κ3) is 6.13. The summed E-state index contributed by atoms with van der Waals surface area (Å²) in [5.41, 5.74) is 1.76. The second kappa shape index (κ2) is 10.1. The molecule has 3 aromatic rings. The van der Waals surface area contributed by atoms with Crippen molar-refractivity contribution in [2.24, 2.45) is 0 Å². The van der Waals surface area contributed by atoms with Gasteiger partial charge in [-0.3, -0.25) is 9.78 Å². The lowest BCUT2D eigenvalue weighted by atomic mass is 10.1. The molecule has 0 saturated heterocycles. The highest BCUT2D eigenvalue weighted by molar-refractivity contribution is 5.90. The van der Waals surface area contributed by atoms with E-state index in [9.17, 15) is 4.79 Å². The molecule has 5 nitrogen and oxygen atoms in total. The quantitative estimate of drug-likeness (QED) is 0.555. The first-order chi connectivity index (χ1) is 13.7. The molecule has 1 aromatic heterocycles. The molecule has 5 heteroatoms. The molecule has 28 heavy (non-hydrogen) atoms. The molecule has 0 spiro atoms. The molecular formula is C23H24N2O3. The average molecular weight is 376 g/mol. The number of ether oxygens (including phenoxy) is 2. The number of carbonyl (C=O) groups is 1. The molecule has 0 saturated carbocycles. The number of nitrogens with one attached hydrogen (secondary N) is 1. The Kier molecular flexibility index (Phi) is 7.01. The van der Waals surface area contributed by atoms with Crippen molar-refractivity contribution < 1.29 is 14.3 Å². The molecular weight excluding hydrogens is 352 g/mol. The van der Waals surface area contributed by atoms with Crippen LogP contribution in [0, 0.1) is 0 Å². The minimum absolute atomic E-state index is 0.00360. The lowest BCUT2D eigenvalue weighted by molar-refractivity contribution is -0.116. The number of rotatable bonds is 9.